The molecule has 1 fully saturated rings. The highest BCUT2D eigenvalue weighted by Gasteiger charge is 2.27. The molecule has 0 spiro atoms. The number of ether oxygens (including phenoxy) is 1. The van der Waals surface area contributed by atoms with E-state index in [1.54, 1.807) is 18.0 Å². The molecule has 6 heteroatoms. The number of aromatic nitrogens is 2. The van der Waals surface area contributed by atoms with Gasteiger partial charge in [0.2, 0.25) is 0 Å². The number of rotatable bonds is 3. The maximum atomic E-state index is 12.2. The summed E-state index contributed by atoms with van der Waals surface area (Å²) in [7, 11) is 0. The van der Waals surface area contributed by atoms with Crippen LogP contribution in [0.15, 0.2) is 17.4 Å². The summed E-state index contributed by atoms with van der Waals surface area (Å²) in [5.41, 5.74) is 0.547. The largest absolute Gasteiger partial charge is 0.444 e. The molecule has 2 rings (SSSR count). The van der Waals surface area contributed by atoms with Gasteiger partial charge >= 0.3 is 6.09 Å². The van der Waals surface area contributed by atoms with Crippen molar-refractivity contribution in [1.29, 1.82) is 0 Å². The van der Waals surface area contributed by atoms with Gasteiger partial charge in [-0.05, 0) is 52.5 Å². The molecular formula is C16H25N3O2S. The molecule has 1 aromatic rings. The summed E-state index contributed by atoms with van der Waals surface area (Å²) in [6, 6.07) is 1.90. The molecule has 0 radical (unpaired) electrons. The van der Waals surface area contributed by atoms with Gasteiger partial charge in [-0.1, -0.05) is 11.8 Å². The molecule has 1 aliphatic heterocycles. The van der Waals surface area contributed by atoms with Crippen LogP contribution in [0.5, 0.6) is 0 Å². The van der Waals surface area contributed by atoms with Crippen molar-refractivity contribution in [3.05, 3.63) is 18.0 Å². The van der Waals surface area contributed by atoms with Crippen LogP contribution in [0.4, 0.5) is 4.79 Å². The molecule has 1 aliphatic rings. The minimum absolute atomic E-state index is 0.200. The van der Waals surface area contributed by atoms with Gasteiger partial charge in [0.25, 0.3) is 0 Å². The first-order valence-electron chi connectivity index (χ1n) is 7.74. The highest BCUT2D eigenvalue weighted by Crippen LogP contribution is 2.25. The number of carbonyl (C=O) groups excluding carboxylic acids is 1. The van der Waals surface area contributed by atoms with E-state index in [0.717, 1.165) is 42.5 Å². The Morgan fingerprint density at radius 2 is 2.27 bits per heavy atom. The van der Waals surface area contributed by atoms with Crippen LogP contribution < -0.4 is 0 Å². The smallest absolute Gasteiger partial charge is 0.410 e. The number of amides is 1. The highest BCUT2D eigenvalue weighted by molar-refractivity contribution is 7.99. The van der Waals surface area contributed by atoms with E-state index in [1.165, 1.54) is 0 Å². The lowest BCUT2D eigenvalue weighted by atomic mass is 10.0. The van der Waals surface area contributed by atoms with Gasteiger partial charge in [-0.3, -0.25) is 0 Å². The first-order valence-corrected chi connectivity index (χ1v) is 8.72. The van der Waals surface area contributed by atoms with Crippen molar-refractivity contribution in [3.63, 3.8) is 0 Å². The number of aryl methyl sites for hydroxylation is 1. The predicted molar refractivity (Wildman–Crippen MR) is 88.0 cm³/mol. The lowest BCUT2D eigenvalue weighted by molar-refractivity contribution is 0.0177. The van der Waals surface area contributed by atoms with E-state index >= 15 is 0 Å². The number of hydrogen-bond acceptors (Lipinski definition) is 5. The predicted octanol–water partition coefficient (Wildman–Crippen LogP) is 3.52. The molecule has 0 unspecified atom stereocenters. The van der Waals surface area contributed by atoms with Crippen LogP contribution in [-0.2, 0) is 4.74 Å². The van der Waals surface area contributed by atoms with Gasteiger partial charge in [0.1, 0.15) is 5.60 Å². The number of carbonyl (C=O) groups is 1. The van der Waals surface area contributed by atoms with Crippen molar-refractivity contribution in [2.75, 3.05) is 18.8 Å². The SMILES string of the molecule is Cc1ccnc(SC[C@H]2CCCN(C(=O)OC(C)(C)C)C2)n1. The zero-order chi connectivity index (χ0) is 16.2. The van der Waals surface area contributed by atoms with E-state index in [9.17, 15) is 4.79 Å². The van der Waals surface area contributed by atoms with Crippen molar-refractivity contribution in [2.24, 2.45) is 5.92 Å². The molecular weight excluding hydrogens is 298 g/mol. The maximum Gasteiger partial charge on any atom is 0.410 e. The Bertz CT molecular complexity index is 516. The molecule has 1 saturated heterocycles. The molecule has 122 valence electrons. The van der Waals surface area contributed by atoms with E-state index in [-0.39, 0.29) is 6.09 Å². The number of hydrogen-bond donors (Lipinski definition) is 0. The normalized spacial score (nSPS) is 19.1. The van der Waals surface area contributed by atoms with Crippen molar-refractivity contribution in [2.45, 2.75) is 51.3 Å². The molecule has 5 nitrogen and oxygen atoms in total. The Morgan fingerprint density at radius 3 is 2.95 bits per heavy atom. The van der Waals surface area contributed by atoms with Crippen LogP contribution in [0.2, 0.25) is 0 Å². The summed E-state index contributed by atoms with van der Waals surface area (Å²) in [4.78, 5) is 22.7. The molecule has 0 bridgehead atoms. The Morgan fingerprint density at radius 1 is 1.50 bits per heavy atom. The first kappa shape index (κ1) is 17.1. The average molecular weight is 323 g/mol. The molecule has 0 N–H and O–H groups in total. The fraction of sp³-hybridized carbons (Fsp3) is 0.688. The second kappa shape index (κ2) is 7.31. The first-order chi connectivity index (χ1) is 10.3. The van der Waals surface area contributed by atoms with Crippen LogP contribution in [-0.4, -0.2) is 45.4 Å². The van der Waals surface area contributed by atoms with E-state index in [4.69, 9.17) is 4.74 Å². The van der Waals surface area contributed by atoms with Crippen LogP contribution in [0, 0.1) is 12.8 Å². The Balaban J connectivity index is 1.84. The molecule has 1 atom stereocenters. The fourth-order valence-electron chi connectivity index (χ4n) is 2.38. The van der Waals surface area contributed by atoms with Crippen molar-refractivity contribution < 1.29 is 9.53 Å². The number of likely N-dealkylation sites (tertiary alicyclic amines) is 1. The van der Waals surface area contributed by atoms with Gasteiger partial charge in [0.05, 0.1) is 0 Å². The standard InChI is InChI=1S/C16H25N3O2S/c1-12-7-8-17-14(18-12)22-11-13-6-5-9-19(10-13)15(20)21-16(2,3)4/h7-8,13H,5-6,9-11H2,1-4H3/t13-/m0/s1. The Labute approximate surface area is 136 Å². The number of nitrogens with zero attached hydrogens (tertiary/aromatic N) is 3. The highest BCUT2D eigenvalue weighted by atomic mass is 32.2. The molecule has 0 saturated carbocycles. The molecule has 0 aromatic carbocycles. The van der Waals surface area contributed by atoms with Crippen LogP contribution in [0.1, 0.15) is 39.3 Å². The maximum absolute atomic E-state index is 12.2. The number of piperidine rings is 1. The monoisotopic (exact) mass is 323 g/mol. The third kappa shape index (κ3) is 5.48. The summed E-state index contributed by atoms with van der Waals surface area (Å²) >= 11 is 1.67. The fourth-order valence-corrected chi connectivity index (χ4v) is 3.38. The average Bonchev–Trinajstić information content (AvgIpc) is 2.44. The van der Waals surface area contributed by atoms with E-state index in [2.05, 4.69) is 9.97 Å². The lowest BCUT2D eigenvalue weighted by Crippen LogP contribution is -2.43. The van der Waals surface area contributed by atoms with Crippen LogP contribution in [0.3, 0.4) is 0 Å². The van der Waals surface area contributed by atoms with E-state index in [1.807, 2.05) is 38.7 Å². The van der Waals surface area contributed by atoms with Crippen LogP contribution >= 0.6 is 11.8 Å². The zero-order valence-corrected chi connectivity index (χ0v) is 14.7. The van der Waals surface area contributed by atoms with Gasteiger partial charge in [-0.25, -0.2) is 14.8 Å². The molecule has 0 aliphatic carbocycles. The molecule has 22 heavy (non-hydrogen) atoms. The topological polar surface area (TPSA) is 55.3 Å². The van der Waals surface area contributed by atoms with E-state index in [0.29, 0.717) is 5.92 Å². The minimum atomic E-state index is -0.436. The Kier molecular flexibility index (Phi) is 5.67. The second-order valence-electron chi connectivity index (χ2n) is 6.73. The summed E-state index contributed by atoms with van der Waals surface area (Å²) in [6.07, 6.45) is 3.75. The third-order valence-corrected chi connectivity index (χ3v) is 4.48. The van der Waals surface area contributed by atoms with Gasteiger partial charge in [-0.15, -0.1) is 0 Å². The second-order valence-corrected chi connectivity index (χ2v) is 7.71. The van der Waals surface area contributed by atoms with Crippen molar-refractivity contribution >= 4 is 17.9 Å². The van der Waals surface area contributed by atoms with Gasteiger partial charge in [0, 0.05) is 30.7 Å². The summed E-state index contributed by atoms with van der Waals surface area (Å²) in [5, 5.41) is 0.814. The van der Waals surface area contributed by atoms with Gasteiger partial charge < -0.3 is 9.64 Å². The lowest BCUT2D eigenvalue weighted by Gasteiger charge is -2.33. The van der Waals surface area contributed by atoms with Crippen LogP contribution in [0.25, 0.3) is 0 Å². The summed E-state index contributed by atoms with van der Waals surface area (Å²) < 4.78 is 5.46. The molecule has 1 aromatic heterocycles. The van der Waals surface area contributed by atoms with Gasteiger partial charge in [0.15, 0.2) is 5.16 Å². The van der Waals surface area contributed by atoms with Crippen molar-refractivity contribution in [1.82, 2.24) is 14.9 Å². The summed E-state index contributed by atoms with van der Waals surface area (Å²) in [6.45, 7) is 9.22. The summed E-state index contributed by atoms with van der Waals surface area (Å²) in [5.74, 6) is 1.40. The van der Waals surface area contributed by atoms with E-state index < -0.39 is 5.60 Å². The third-order valence-electron chi connectivity index (χ3n) is 3.39. The molecule has 2 heterocycles. The zero-order valence-electron chi connectivity index (χ0n) is 13.8. The van der Waals surface area contributed by atoms with Gasteiger partial charge in [-0.2, -0.15) is 0 Å². The quantitative estimate of drug-likeness (QED) is 0.629. The van der Waals surface area contributed by atoms with Crippen molar-refractivity contribution in [3.8, 4) is 0 Å². The molecule has 1 amide bonds. The Hall–Kier alpha value is -1.30. The number of thioether (sulfide) groups is 1. The minimum Gasteiger partial charge on any atom is -0.444 e.